The molecule has 0 rings (SSSR count). The number of nitrogens with zero attached hydrogens (tertiary/aromatic N) is 3. The molecule has 1 unspecified atom stereocenters. The number of rotatable bonds is 4. The summed E-state index contributed by atoms with van der Waals surface area (Å²) in [5, 5.41) is 23.1. The first-order valence-electron chi connectivity index (χ1n) is 3.28. The number of carbonyl (C=O) groups excluding carboxylic acids is 2. The SMILES string of the molecule is [C-]#[N+]C([C-]=N)C(=O)C(=O)C(C#N)C#N.[K+].[K+]. The van der Waals surface area contributed by atoms with Gasteiger partial charge in [0.15, 0.2) is 12.0 Å². The summed E-state index contributed by atoms with van der Waals surface area (Å²) in [4.78, 5) is 24.7. The molecule has 0 saturated heterocycles. The summed E-state index contributed by atoms with van der Waals surface area (Å²) >= 11 is 0. The van der Waals surface area contributed by atoms with Gasteiger partial charge in [-0.05, 0) is 0 Å². The minimum absolute atomic E-state index is 0. The van der Waals surface area contributed by atoms with Crippen molar-refractivity contribution in [1.29, 1.82) is 15.9 Å². The zero-order valence-corrected chi connectivity index (χ0v) is 15.1. The Bertz CT molecular complexity index is 388. The van der Waals surface area contributed by atoms with E-state index in [-0.39, 0.29) is 103 Å². The topological polar surface area (TPSA) is 110 Å². The largest absolute Gasteiger partial charge is 1.00 e. The first kappa shape index (κ1) is 22.0. The van der Waals surface area contributed by atoms with E-state index in [2.05, 4.69) is 4.85 Å². The summed E-state index contributed by atoms with van der Waals surface area (Å²) in [7, 11) is 0. The number of nitriles is 2. The zero-order chi connectivity index (χ0) is 11.1. The maximum absolute atomic E-state index is 11.0. The van der Waals surface area contributed by atoms with Gasteiger partial charge in [-0.1, -0.05) is 0 Å². The molecule has 1 atom stereocenters. The molecule has 16 heavy (non-hydrogen) atoms. The van der Waals surface area contributed by atoms with E-state index in [1.165, 1.54) is 12.1 Å². The summed E-state index contributed by atoms with van der Waals surface area (Å²) in [6.45, 7) is 6.44. The van der Waals surface area contributed by atoms with Gasteiger partial charge in [0.2, 0.25) is 5.78 Å². The van der Waals surface area contributed by atoms with Gasteiger partial charge >= 0.3 is 103 Å². The predicted octanol–water partition coefficient (Wildman–Crippen LogP) is -6.39. The van der Waals surface area contributed by atoms with Crippen molar-refractivity contribution in [2.75, 3.05) is 0 Å². The third kappa shape index (κ3) is 6.48. The number of Topliss-reactive ketones (excluding diaryl/α,β-unsaturated/α-hetero) is 2. The van der Waals surface area contributed by atoms with Crippen molar-refractivity contribution < 1.29 is 112 Å². The maximum Gasteiger partial charge on any atom is 1.00 e. The fraction of sp³-hybridized carbons (Fsp3) is 0.250. The fourth-order valence-corrected chi connectivity index (χ4v) is 0.580. The van der Waals surface area contributed by atoms with Crippen molar-refractivity contribution in [3.63, 3.8) is 0 Å². The van der Waals surface area contributed by atoms with Crippen molar-refractivity contribution in [2.24, 2.45) is 5.92 Å². The van der Waals surface area contributed by atoms with Gasteiger partial charge in [-0.2, -0.15) is 10.5 Å². The van der Waals surface area contributed by atoms with E-state index in [9.17, 15) is 9.59 Å². The standard InChI is InChI=1S/C8H3N4O2.2K/c1-12-6(4-11)8(14)7(13)5(2-9)3-10;;/h5-6,11H;;/q-1;2*+1. The Balaban J connectivity index is -0.000000845. The van der Waals surface area contributed by atoms with Crippen LogP contribution in [0.2, 0.25) is 0 Å². The van der Waals surface area contributed by atoms with E-state index in [4.69, 9.17) is 22.5 Å². The van der Waals surface area contributed by atoms with Gasteiger partial charge in [-0.25, -0.2) is 6.57 Å². The van der Waals surface area contributed by atoms with Crippen LogP contribution in [0.15, 0.2) is 0 Å². The van der Waals surface area contributed by atoms with Crippen LogP contribution in [0.25, 0.3) is 4.85 Å². The van der Waals surface area contributed by atoms with Crippen molar-refractivity contribution in [3.05, 3.63) is 11.4 Å². The molecule has 8 heteroatoms. The quantitative estimate of drug-likeness (QED) is 0.236. The first-order chi connectivity index (χ1) is 6.62. The Labute approximate surface area is 178 Å². The molecule has 0 amide bonds. The minimum atomic E-state index is -1.71. The van der Waals surface area contributed by atoms with Gasteiger partial charge in [0, 0.05) is 0 Å². The molecule has 0 saturated carbocycles. The van der Waals surface area contributed by atoms with Crippen LogP contribution < -0.4 is 103 Å². The zero-order valence-electron chi connectivity index (χ0n) is 8.81. The summed E-state index contributed by atoms with van der Waals surface area (Å²) in [6.07, 6.45) is 1.54. The second-order valence-electron chi connectivity index (χ2n) is 2.10. The van der Waals surface area contributed by atoms with Gasteiger partial charge in [0.05, 0.1) is 12.1 Å². The minimum Gasteiger partial charge on any atom is -0.511 e. The molecule has 0 aliphatic carbocycles. The van der Waals surface area contributed by atoms with Gasteiger partial charge < -0.3 is 16.5 Å². The molecule has 0 spiro atoms. The third-order valence-corrected chi connectivity index (χ3v) is 1.28. The second kappa shape index (κ2) is 12.2. The van der Waals surface area contributed by atoms with Crippen LogP contribution in [0.1, 0.15) is 0 Å². The number of nitrogens with one attached hydrogen (secondary N) is 1. The van der Waals surface area contributed by atoms with Crippen LogP contribution in [0.5, 0.6) is 0 Å². The summed E-state index contributed by atoms with van der Waals surface area (Å²) in [6, 6.07) is 0.978. The number of hydrogen-bond donors (Lipinski definition) is 1. The molecule has 68 valence electrons. The first-order valence-corrected chi connectivity index (χ1v) is 3.28. The Morgan fingerprint density at radius 1 is 1.25 bits per heavy atom. The van der Waals surface area contributed by atoms with E-state index in [0.717, 1.165) is 0 Å². The molecule has 0 aliphatic rings. The summed E-state index contributed by atoms with van der Waals surface area (Å²) < 4.78 is 0. The van der Waals surface area contributed by atoms with Crippen LogP contribution in [-0.2, 0) is 9.59 Å². The smallest absolute Gasteiger partial charge is 0.511 e. The molecule has 0 aliphatic heterocycles. The van der Waals surface area contributed by atoms with Gasteiger partial charge in [0.1, 0.15) is 0 Å². The summed E-state index contributed by atoms with van der Waals surface area (Å²) in [5.74, 6) is -4.22. The Hall–Kier alpha value is 0.753. The third-order valence-electron chi connectivity index (χ3n) is 1.28. The van der Waals surface area contributed by atoms with Crippen LogP contribution >= 0.6 is 0 Å². The number of carbonyl (C=O) groups is 2. The fourth-order valence-electron chi connectivity index (χ4n) is 0.580. The van der Waals surface area contributed by atoms with Crippen molar-refractivity contribution in [2.45, 2.75) is 6.04 Å². The average Bonchev–Trinajstić information content (AvgIpc) is 2.21. The van der Waals surface area contributed by atoms with E-state index in [1.807, 2.05) is 0 Å². The van der Waals surface area contributed by atoms with Gasteiger partial charge in [-0.3, -0.25) is 9.59 Å². The molecule has 0 radical (unpaired) electrons. The van der Waals surface area contributed by atoms with E-state index >= 15 is 0 Å². The molecule has 0 aromatic carbocycles. The Morgan fingerprint density at radius 2 is 1.69 bits per heavy atom. The van der Waals surface area contributed by atoms with E-state index < -0.39 is 23.5 Å². The molecule has 0 aromatic heterocycles. The molecule has 6 nitrogen and oxygen atoms in total. The summed E-state index contributed by atoms with van der Waals surface area (Å²) in [5.41, 5.74) is 0. The predicted molar refractivity (Wildman–Crippen MR) is 42.8 cm³/mol. The molecular weight excluding hydrogens is 262 g/mol. The normalized spacial score (nSPS) is 9.12. The van der Waals surface area contributed by atoms with Crippen LogP contribution in [0, 0.1) is 40.6 Å². The molecule has 1 N–H and O–H groups in total. The molecule has 0 bridgehead atoms. The number of hydrogen-bond acceptors (Lipinski definition) is 5. The van der Waals surface area contributed by atoms with Crippen molar-refractivity contribution >= 4 is 17.8 Å². The Morgan fingerprint density at radius 3 is 1.94 bits per heavy atom. The molecule has 0 aromatic rings. The van der Waals surface area contributed by atoms with Gasteiger partial charge in [0.25, 0.3) is 5.78 Å². The maximum atomic E-state index is 11.0. The van der Waals surface area contributed by atoms with Crippen LogP contribution in [-0.4, -0.2) is 23.8 Å². The molecule has 0 heterocycles. The Kier molecular flexibility index (Phi) is 16.8. The van der Waals surface area contributed by atoms with Crippen LogP contribution in [0.3, 0.4) is 0 Å². The molecular formula is C8H3K2N4O2+. The van der Waals surface area contributed by atoms with E-state index in [1.54, 1.807) is 6.21 Å². The molecule has 0 fully saturated rings. The second-order valence-corrected chi connectivity index (χ2v) is 2.10. The average molecular weight is 265 g/mol. The van der Waals surface area contributed by atoms with Crippen LogP contribution in [0.4, 0.5) is 0 Å². The van der Waals surface area contributed by atoms with E-state index in [0.29, 0.717) is 0 Å². The van der Waals surface area contributed by atoms with Crippen molar-refractivity contribution in [3.8, 4) is 12.1 Å². The monoisotopic (exact) mass is 265 g/mol. The van der Waals surface area contributed by atoms with Gasteiger partial charge in [-0.15, -0.1) is 0 Å². The number of ketones is 2. The van der Waals surface area contributed by atoms with Crippen molar-refractivity contribution in [1.82, 2.24) is 0 Å².